The van der Waals surface area contributed by atoms with Gasteiger partial charge in [0.2, 0.25) is 5.75 Å². The Morgan fingerprint density at radius 1 is 1.05 bits per heavy atom. The van der Waals surface area contributed by atoms with Gasteiger partial charge in [0.1, 0.15) is 0 Å². The highest BCUT2D eigenvalue weighted by Gasteiger charge is 2.16. The van der Waals surface area contributed by atoms with Crippen LogP contribution in [-0.2, 0) is 0 Å². The van der Waals surface area contributed by atoms with Gasteiger partial charge in [0.15, 0.2) is 11.5 Å². The van der Waals surface area contributed by atoms with Gasteiger partial charge < -0.3 is 24.6 Å². The van der Waals surface area contributed by atoms with Gasteiger partial charge in [-0.3, -0.25) is 0 Å². The van der Waals surface area contributed by atoms with E-state index in [2.05, 4.69) is 12.2 Å². The second-order valence-electron chi connectivity index (χ2n) is 5.13. The maximum Gasteiger partial charge on any atom is 0.203 e. The summed E-state index contributed by atoms with van der Waals surface area (Å²) in [5.41, 5.74) is 1.07. The predicted molar refractivity (Wildman–Crippen MR) is 83.4 cm³/mol. The molecule has 0 aliphatic rings. The first-order chi connectivity index (χ1) is 10.0. The summed E-state index contributed by atoms with van der Waals surface area (Å²) in [6.45, 7) is 4.74. The molecule has 2 atom stereocenters. The second kappa shape index (κ2) is 8.74. The van der Waals surface area contributed by atoms with Gasteiger partial charge >= 0.3 is 0 Å². The van der Waals surface area contributed by atoms with Crippen molar-refractivity contribution in [2.24, 2.45) is 0 Å². The summed E-state index contributed by atoms with van der Waals surface area (Å²) in [5.74, 6) is 1.92. The Kier molecular flexibility index (Phi) is 7.32. The van der Waals surface area contributed by atoms with Crippen LogP contribution in [0, 0.1) is 0 Å². The van der Waals surface area contributed by atoms with E-state index in [0.29, 0.717) is 17.2 Å². The molecule has 0 spiro atoms. The Labute approximate surface area is 127 Å². The SMILES string of the molecule is COc1cc(C(C)NCCCC(C)O)cc(OC)c1OC. The highest BCUT2D eigenvalue weighted by Crippen LogP contribution is 2.39. The summed E-state index contributed by atoms with van der Waals surface area (Å²) < 4.78 is 16.0. The highest BCUT2D eigenvalue weighted by molar-refractivity contribution is 5.54. The first-order valence-corrected chi connectivity index (χ1v) is 7.24. The number of benzene rings is 1. The number of ether oxygens (including phenoxy) is 3. The molecule has 2 unspecified atom stereocenters. The molecule has 0 aliphatic heterocycles. The molecule has 0 saturated heterocycles. The van der Waals surface area contributed by atoms with E-state index in [0.717, 1.165) is 24.9 Å². The average Bonchev–Trinajstić information content (AvgIpc) is 2.49. The lowest BCUT2D eigenvalue weighted by Crippen LogP contribution is -2.21. The van der Waals surface area contributed by atoms with E-state index >= 15 is 0 Å². The van der Waals surface area contributed by atoms with Crippen molar-refractivity contribution in [2.75, 3.05) is 27.9 Å². The number of aliphatic hydroxyl groups is 1. The molecule has 0 amide bonds. The summed E-state index contributed by atoms with van der Waals surface area (Å²) >= 11 is 0. The van der Waals surface area contributed by atoms with Gasteiger partial charge in [0.05, 0.1) is 27.4 Å². The van der Waals surface area contributed by atoms with Gasteiger partial charge in [0, 0.05) is 6.04 Å². The van der Waals surface area contributed by atoms with Crippen molar-refractivity contribution in [2.45, 2.75) is 38.8 Å². The number of rotatable bonds is 9. The molecular formula is C16H27NO4. The Morgan fingerprint density at radius 3 is 2.05 bits per heavy atom. The minimum atomic E-state index is -0.247. The monoisotopic (exact) mass is 297 g/mol. The standard InChI is InChI=1S/C16H27NO4/c1-11(18)7-6-8-17-12(2)13-9-14(19-3)16(21-5)15(10-13)20-4/h9-12,17-18H,6-8H2,1-5H3. The van der Waals surface area contributed by atoms with E-state index in [1.54, 1.807) is 21.3 Å². The Hall–Kier alpha value is -1.46. The molecular weight excluding hydrogens is 270 g/mol. The molecule has 0 fully saturated rings. The number of aliphatic hydroxyl groups excluding tert-OH is 1. The molecule has 0 heterocycles. The van der Waals surface area contributed by atoms with Crippen LogP contribution in [0.5, 0.6) is 17.2 Å². The maximum absolute atomic E-state index is 9.25. The normalized spacial score (nSPS) is 13.6. The molecule has 2 N–H and O–H groups in total. The van der Waals surface area contributed by atoms with E-state index < -0.39 is 0 Å². The highest BCUT2D eigenvalue weighted by atomic mass is 16.5. The molecule has 1 aromatic carbocycles. The fourth-order valence-corrected chi connectivity index (χ4v) is 2.19. The molecule has 5 heteroatoms. The van der Waals surface area contributed by atoms with Crippen LogP contribution in [0.3, 0.4) is 0 Å². The lowest BCUT2D eigenvalue weighted by molar-refractivity contribution is 0.181. The van der Waals surface area contributed by atoms with Gasteiger partial charge in [-0.15, -0.1) is 0 Å². The smallest absolute Gasteiger partial charge is 0.203 e. The van der Waals surface area contributed by atoms with Crippen molar-refractivity contribution in [1.29, 1.82) is 0 Å². The first-order valence-electron chi connectivity index (χ1n) is 7.24. The molecule has 0 saturated carbocycles. The van der Waals surface area contributed by atoms with Gasteiger partial charge in [-0.25, -0.2) is 0 Å². The van der Waals surface area contributed by atoms with Gasteiger partial charge in [-0.05, 0) is 50.9 Å². The van der Waals surface area contributed by atoms with Crippen LogP contribution in [0.2, 0.25) is 0 Å². The molecule has 1 aromatic rings. The summed E-state index contributed by atoms with van der Waals surface area (Å²) in [5, 5.41) is 12.7. The van der Waals surface area contributed by atoms with Crippen molar-refractivity contribution < 1.29 is 19.3 Å². The lowest BCUT2D eigenvalue weighted by atomic mass is 10.1. The Bertz CT molecular complexity index is 409. The van der Waals surface area contributed by atoms with Crippen LogP contribution >= 0.6 is 0 Å². The zero-order chi connectivity index (χ0) is 15.8. The molecule has 0 aliphatic carbocycles. The fraction of sp³-hybridized carbons (Fsp3) is 0.625. The van der Waals surface area contributed by atoms with Gasteiger partial charge in [-0.1, -0.05) is 0 Å². The summed E-state index contributed by atoms with van der Waals surface area (Å²) in [6, 6.07) is 4.06. The third-order valence-electron chi connectivity index (χ3n) is 3.44. The molecule has 0 aromatic heterocycles. The maximum atomic E-state index is 9.25. The first kappa shape index (κ1) is 17.6. The number of nitrogens with one attached hydrogen (secondary N) is 1. The molecule has 5 nitrogen and oxygen atoms in total. The van der Waals surface area contributed by atoms with Crippen molar-refractivity contribution in [3.8, 4) is 17.2 Å². The van der Waals surface area contributed by atoms with Crippen molar-refractivity contribution in [3.05, 3.63) is 17.7 Å². The van der Waals surface area contributed by atoms with E-state index in [4.69, 9.17) is 14.2 Å². The number of methoxy groups -OCH3 is 3. The van der Waals surface area contributed by atoms with Crippen LogP contribution < -0.4 is 19.5 Å². The molecule has 0 bridgehead atoms. The Morgan fingerprint density at radius 2 is 1.62 bits per heavy atom. The number of hydrogen-bond donors (Lipinski definition) is 2. The van der Waals surface area contributed by atoms with E-state index in [-0.39, 0.29) is 12.1 Å². The van der Waals surface area contributed by atoms with E-state index in [1.807, 2.05) is 19.1 Å². The largest absolute Gasteiger partial charge is 0.493 e. The minimum absolute atomic E-state index is 0.160. The molecule has 0 radical (unpaired) electrons. The van der Waals surface area contributed by atoms with Gasteiger partial charge in [-0.2, -0.15) is 0 Å². The second-order valence-corrected chi connectivity index (χ2v) is 5.13. The van der Waals surface area contributed by atoms with Crippen molar-refractivity contribution in [1.82, 2.24) is 5.32 Å². The third kappa shape index (κ3) is 5.10. The average molecular weight is 297 g/mol. The Balaban J connectivity index is 2.77. The predicted octanol–water partition coefficient (Wildman–Crippen LogP) is 2.52. The lowest BCUT2D eigenvalue weighted by Gasteiger charge is -2.19. The third-order valence-corrected chi connectivity index (χ3v) is 3.44. The van der Waals surface area contributed by atoms with Crippen molar-refractivity contribution in [3.63, 3.8) is 0 Å². The summed E-state index contributed by atoms with van der Waals surface area (Å²) in [4.78, 5) is 0. The quantitative estimate of drug-likeness (QED) is 0.686. The van der Waals surface area contributed by atoms with Crippen LogP contribution in [-0.4, -0.2) is 39.1 Å². The topological polar surface area (TPSA) is 60.0 Å². The zero-order valence-electron chi connectivity index (χ0n) is 13.6. The van der Waals surface area contributed by atoms with Crippen molar-refractivity contribution >= 4 is 0 Å². The van der Waals surface area contributed by atoms with E-state index in [1.165, 1.54) is 0 Å². The van der Waals surface area contributed by atoms with Crippen LogP contribution in [0.1, 0.15) is 38.3 Å². The number of hydrogen-bond acceptors (Lipinski definition) is 5. The van der Waals surface area contributed by atoms with Crippen LogP contribution in [0.15, 0.2) is 12.1 Å². The molecule has 1 rings (SSSR count). The molecule has 21 heavy (non-hydrogen) atoms. The van der Waals surface area contributed by atoms with Crippen LogP contribution in [0.4, 0.5) is 0 Å². The van der Waals surface area contributed by atoms with Crippen LogP contribution in [0.25, 0.3) is 0 Å². The fourth-order valence-electron chi connectivity index (χ4n) is 2.19. The van der Waals surface area contributed by atoms with E-state index in [9.17, 15) is 5.11 Å². The summed E-state index contributed by atoms with van der Waals surface area (Å²) in [6.07, 6.45) is 1.49. The minimum Gasteiger partial charge on any atom is -0.493 e. The van der Waals surface area contributed by atoms with Gasteiger partial charge in [0.25, 0.3) is 0 Å². The zero-order valence-corrected chi connectivity index (χ0v) is 13.6. The summed E-state index contributed by atoms with van der Waals surface area (Å²) in [7, 11) is 4.82. The molecule has 120 valence electrons.